The number of amides is 1. The van der Waals surface area contributed by atoms with Crippen molar-refractivity contribution < 1.29 is 18.0 Å². The van der Waals surface area contributed by atoms with E-state index in [0.717, 1.165) is 61.4 Å². The van der Waals surface area contributed by atoms with E-state index in [0.29, 0.717) is 31.1 Å². The van der Waals surface area contributed by atoms with Crippen LogP contribution in [-0.4, -0.2) is 74.9 Å². The fourth-order valence-electron chi connectivity index (χ4n) is 6.61. The minimum atomic E-state index is -4.30. The molecular weight excluding hydrogens is 479 g/mol. The average Bonchev–Trinajstić information content (AvgIpc) is 3.27. The molecule has 3 aliphatic rings. The molecule has 200 valence electrons. The molecule has 1 aliphatic carbocycles. The second kappa shape index (κ2) is 9.66. The molecule has 1 aromatic heterocycles. The van der Waals surface area contributed by atoms with Crippen molar-refractivity contribution in [2.45, 2.75) is 77.2 Å². The molecule has 2 aliphatic heterocycles. The summed E-state index contributed by atoms with van der Waals surface area (Å²) in [5.41, 5.74) is 3.43. The highest BCUT2D eigenvalue weighted by molar-refractivity contribution is 5.96. The van der Waals surface area contributed by atoms with Crippen molar-refractivity contribution in [1.82, 2.24) is 24.7 Å². The van der Waals surface area contributed by atoms with Crippen molar-refractivity contribution >= 4 is 5.91 Å². The maximum Gasteiger partial charge on any atom is 0.416 e. The van der Waals surface area contributed by atoms with Crippen LogP contribution in [0.2, 0.25) is 0 Å². The number of piperazine rings is 1. The number of halogens is 3. The number of carbonyl (C=O) groups excluding carboxylic acids is 1. The topological polar surface area (TPSA) is 52.6 Å². The van der Waals surface area contributed by atoms with Gasteiger partial charge in [0.05, 0.1) is 22.5 Å². The number of carbonyl (C=O) groups is 1. The Labute approximate surface area is 216 Å². The summed E-state index contributed by atoms with van der Waals surface area (Å²) in [4.78, 5) is 28.6. The molecule has 6 nitrogen and oxygen atoms in total. The largest absolute Gasteiger partial charge is 0.416 e. The van der Waals surface area contributed by atoms with E-state index in [4.69, 9.17) is 0 Å². The molecule has 2 saturated heterocycles. The Balaban J connectivity index is 1.22. The van der Waals surface area contributed by atoms with Gasteiger partial charge in [0.1, 0.15) is 6.33 Å². The number of hydrogen-bond acceptors (Lipinski definition) is 5. The fraction of sp³-hybridized carbons (Fsp3) is 0.607. The Morgan fingerprint density at radius 3 is 2.35 bits per heavy atom. The summed E-state index contributed by atoms with van der Waals surface area (Å²) in [6.07, 6.45) is 0.586. The van der Waals surface area contributed by atoms with Gasteiger partial charge in [0.2, 0.25) is 0 Å². The summed E-state index contributed by atoms with van der Waals surface area (Å²) in [6, 6.07) is 4.76. The van der Waals surface area contributed by atoms with Crippen LogP contribution >= 0.6 is 0 Å². The number of aromatic nitrogens is 2. The number of aryl methyl sites for hydroxylation is 3. The Kier molecular flexibility index (Phi) is 6.81. The molecule has 0 N–H and O–H groups in total. The van der Waals surface area contributed by atoms with Crippen molar-refractivity contribution in [3.63, 3.8) is 0 Å². The highest BCUT2D eigenvalue weighted by Crippen LogP contribution is 2.41. The normalized spacial score (nSPS) is 24.8. The van der Waals surface area contributed by atoms with Gasteiger partial charge in [0.25, 0.3) is 5.91 Å². The Bertz CT molecular complexity index is 1150. The van der Waals surface area contributed by atoms with Crippen LogP contribution in [0.15, 0.2) is 24.5 Å². The number of benzene rings is 1. The summed E-state index contributed by atoms with van der Waals surface area (Å²) in [7, 11) is 0. The quantitative estimate of drug-likeness (QED) is 0.588. The lowest BCUT2D eigenvalue weighted by Crippen LogP contribution is -2.62. The van der Waals surface area contributed by atoms with Crippen LogP contribution in [0.4, 0.5) is 13.2 Å². The highest BCUT2D eigenvalue weighted by atomic mass is 19.4. The number of nitrogens with zero attached hydrogens (tertiary/aromatic N) is 5. The minimum absolute atomic E-state index is 0.0175. The predicted octanol–water partition coefficient (Wildman–Crippen LogP) is 4.80. The van der Waals surface area contributed by atoms with E-state index in [1.54, 1.807) is 6.07 Å². The molecular formula is C28H36F3N5O. The maximum absolute atomic E-state index is 13.2. The number of alkyl halides is 3. The number of hydrogen-bond donors (Lipinski definition) is 0. The van der Waals surface area contributed by atoms with Gasteiger partial charge in [-0.2, -0.15) is 13.2 Å². The van der Waals surface area contributed by atoms with Gasteiger partial charge in [-0.3, -0.25) is 14.6 Å². The smallest absolute Gasteiger partial charge is 0.338 e. The lowest BCUT2D eigenvalue weighted by atomic mass is 9.86. The van der Waals surface area contributed by atoms with Crippen molar-refractivity contribution in [3.8, 4) is 0 Å². The predicted molar refractivity (Wildman–Crippen MR) is 135 cm³/mol. The summed E-state index contributed by atoms with van der Waals surface area (Å²) in [6.45, 7) is 12.4. The minimum Gasteiger partial charge on any atom is -0.338 e. The van der Waals surface area contributed by atoms with Crippen molar-refractivity contribution in [2.75, 3.05) is 32.7 Å². The third kappa shape index (κ3) is 4.88. The Hall–Kier alpha value is -2.52. The van der Waals surface area contributed by atoms with E-state index in [2.05, 4.69) is 33.6 Å². The molecule has 2 aromatic rings. The number of rotatable bonds is 3. The van der Waals surface area contributed by atoms with Crippen molar-refractivity contribution in [3.05, 3.63) is 58.2 Å². The van der Waals surface area contributed by atoms with Gasteiger partial charge >= 0.3 is 6.18 Å². The van der Waals surface area contributed by atoms with Crippen molar-refractivity contribution in [2.24, 2.45) is 0 Å². The zero-order valence-electron chi connectivity index (χ0n) is 22.1. The monoisotopic (exact) mass is 515 g/mol. The fourth-order valence-corrected chi connectivity index (χ4v) is 6.61. The molecule has 0 bridgehead atoms. The lowest BCUT2D eigenvalue weighted by Gasteiger charge is -2.52. The maximum atomic E-state index is 13.2. The zero-order chi connectivity index (χ0) is 26.5. The standard InChI is InChI=1S/C28H36F3N5O/c1-18-16-35(13-14-36(18)24-8-5-21-15-22(28(29,30)31)6-7-23(21)24)27(4)9-11-34(12-10-27)26(37)25-19(2)32-17-33-20(25)3/h6-7,15,17-18,24H,5,8-14,16H2,1-4H3. The Morgan fingerprint density at radius 2 is 1.73 bits per heavy atom. The van der Waals surface area contributed by atoms with E-state index in [9.17, 15) is 18.0 Å². The van der Waals surface area contributed by atoms with Gasteiger partial charge in [-0.1, -0.05) is 6.07 Å². The molecule has 2 atom stereocenters. The first kappa shape index (κ1) is 26.1. The molecule has 0 spiro atoms. The van der Waals surface area contributed by atoms with E-state index >= 15 is 0 Å². The van der Waals surface area contributed by atoms with Crippen molar-refractivity contribution in [1.29, 1.82) is 0 Å². The Morgan fingerprint density at radius 1 is 1.05 bits per heavy atom. The van der Waals surface area contributed by atoms with Gasteiger partial charge in [0.15, 0.2) is 0 Å². The van der Waals surface area contributed by atoms with Crippen LogP contribution in [0.3, 0.4) is 0 Å². The molecule has 37 heavy (non-hydrogen) atoms. The first-order valence-corrected chi connectivity index (χ1v) is 13.3. The summed E-state index contributed by atoms with van der Waals surface area (Å²) in [5, 5.41) is 0. The first-order valence-electron chi connectivity index (χ1n) is 13.3. The molecule has 0 radical (unpaired) electrons. The van der Waals surface area contributed by atoms with Crippen LogP contribution in [-0.2, 0) is 12.6 Å². The van der Waals surface area contributed by atoms with Gasteiger partial charge < -0.3 is 4.90 Å². The molecule has 9 heteroatoms. The molecule has 1 amide bonds. The van der Waals surface area contributed by atoms with Crippen LogP contribution in [0, 0.1) is 13.8 Å². The van der Waals surface area contributed by atoms with E-state index in [-0.39, 0.29) is 17.5 Å². The second-order valence-electron chi connectivity index (χ2n) is 11.2. The highest BCUT2D eigenvalue weighted by Gasteiger charge is 2.42. The molecule has 5 rings (SSSR count). The number of piperidine rings is 1. The van der Waals surface area contributed by atoms with E-state index in [1.807, 2.05) is 18.7 Å². The first-order chi connectivity index (χ1) is 17.5. The third-order valence-corrected chi connectivity index (χ3v) is 8.93. The average molecular weight is 516 g/mol. The molecule has 1 aromatic carbocycles. The van der Waals surface area contributed by atoms with Crippen LogP contribution < -0.4 is 0 Å². The summed E-state index contributed by atoms with van der Waals surface area (Å²) >= 11 is 0. The summed E-state index contributed by atoms with van der Waals surface area (Å²) in [5.74, 6) is 0.0180. The van der Waals surface area contributed by atoms with Crippen LogP contribution in [0.1, 0.15) is 77.6 Å². The van der Waals surface area contributed by atoms with Gasteiger partial charge in [-0.05, 0) is 76.6 Å². The zero-order valence-corrected chi connectivity index (χ0v) is 22.1. The van der Waals surface area contributed by atoms with Gasteiger partial charge in [-0.15, -0.1) is 0 Å². The van der Waals surface area contributed by atoms with Crippen LogP contribution in [0.5, 0.6) is 0 Å². The SMILES string of the molecule is Cc1ncnc(C)c1C(=O)N1CCC(C)(N2CCN(C3CCc4cc(C(F)(F)F)ccc43)C(C)C2)CC1. The third-order valence-electron chi connectivity index (χ3n) is 8.93. The summed E-state index contributed by atoms with van der Waals surface area (Å²) < 4.78 is 39.5. The molecule has 2 fully saturated rings. The number of likely N-dealkylation sites (tertiary alicyclic amines) is 1. The van der Waals surface area contributed by atoms with E-state index < -0.39 is 11.7 Å². The number of fused-ring (bicyclic) bond motifs is 1. The van der Waals surface area contributed by atoms with Crippen LogP contribution in [0.25, 0.3) is 0 Å². The van der Waals surface area contributed by atoms with Gasteiger partial charge in [0, 0.05) is 50.3 Å². The lowest BCUT2D eigenvalue weighted by molar-refractivity contribution is -0.137. The molecule has 0 saturated carbocycles. The molecule has 2 unspecified atom stereocenters. The van der Waals surface area contributed by atoms with E-state index in [1.165, 1.54) is 18.5 Å². The van der Waals surface area contributed by atoms with Gasteiger partial charge in [-0.25, -0.2) is 9.97 Å². The second-order valence-corrected chi connectivity index (χ2v) is 11.2. The molecule has 3 heterocycles.